The molecule has 0 spiro atoms. The van der Waals surface area contributed by atoms with Gasteiger partial charge in [0.15, 0.2) is 11.9 Å². The van der Waals surface area contributed by atoms with Crippen LogP contribution in [-0.4, -0.2) is 21.6 Å². The van der Waals surface area contributed by atoms with Crippen molar-refractivity contribution in [3.8, 4) is 5.75 Å². The van der Waals surface area contributed by atoms with Crippen molar-refractivity contribution in [3.63, 3.8) is 0 Å². The van der Waals surface area contributed by atoms with Gasteiger partial charge in [-0.3, -0.25) is 4.98 Å². The number of benzene rings is 1. The molecule has 2 aromatic heterocycles. The van der Waals surface area contributed by atoms with Crippen LogP contribution in [-0.2, 0) is 16.9 Å². The standard InChI is InChI=1S/C16H17N3O3S/c1-10-8-19(20)14(11(2)15(10)22-3)9-23(21)16-17-12-6-4-5-7-13(12)18-16/h4-8H,9H2,1-3H3,(H,17,18). The molecule has 6 nitrogen and oxygen atoms in total. The first-order chi connectivity index (χ1) is 11.0. The molecule has 0 aliphatic carbocycles. The summed E-state index contributed by atoms with van der Waals surface area (Å²) in [6.07, 6.45) is 1.44. The van der Waals surface area contributed by atoms with Crippen LogP contribution in [0.25, 0.3) is 11.0 Å². The number of fused-ring (bicyclic) bond motifs is 1. The highest BCUT2D eigenvalue weighted by atomic mass is 32.2. The first-order valence-electron chi connectivity index (χ1n) is 7.10. The Labute approximate surface area is 136 Å². The van der Waals surface area contributed by atoms with Crippen molar-refractivity contribution < 1.29 is 14.0 Å². The van der Waals surface area contributed by atoms with Crippen LogP contribution in [0, 0.1) is 19.1 Å². The molecule has 2 heterocycles. The molecule has 0 bridgehead atoms. The number of aryl methyl sites for hydroxylation is 1. The van der Waals surface area contributed by atoms with Crippen LogP contribution in [0.4, 0.5) is 0 Å². The molecule has 1 aromatic carbocycles. The second-order valence-corrected chi connectivity index (χ2v) is 6.66. The van der Waals surface area contributed by atoms with Crippen LogP contribution in [0.3, 0.4) is 0 Å². The minimum atomic E-state index is -1.45. The number of imidazole rings is 1. The number of hydrogen-bond acceptors (Lipinski definition) is 4. The molecule has 0 fully saturated rings. The lowest BCUT2D eigenvalue weighted by molar-refractivity contribution is -0.613. The predicted octanol–water partition coefficient (Wildman–Crippen LogP) is 2.13. The van der Waals surface area contributed by atoms with E-state index in [1.807, 2.05) is 24.3 Å². The van der Waals surface area contributed by atoms with E-state index in [2.05, 4.69) is 9.97 Å². The molecule has 23 heavy (non-hydrogen) atoms. The average Bonchev–Trinajstić information content (AvgIpc) is 2.95. The highest BCUT2D eigenvalue weighted by molar-refractivity contribution is 7.90. The van der Waals surface area contributed by atoms with Gasteiger partial charge in [-0.05, 0) is 26.0 Å². The summed E-state index contributed by atoms with van der Waals surface area (Å²) in [5, 5.41) is 12.5. The lowest BCUT2D eigenvalue weighted by Crippen LogP contribution is -2.35. The van der Waals surface area contributed by atoms with Crippen LogP contribution in [0.2, 0.25) is 0 Å². The lowest BCUT2D eigenvalue weighted by Gasteiger charge is -2.14. The van der Waals surface area contributed by atoms with Crippen molar-refractivity contribution in [1.29, 1.82) is 0 Å². The fraction of sp³-hybridized carbons (Fsp3) is 0.250. The Hall–Kier alpha value is -2.25. The van der Waals surface area contributed by atoms with Crippen LogP contribution >= 0.6 is 0 Å². The summed E-state index contributed by atoms with van der Waals surface area (Å²) < 4.78 is 18.7. The lowest BCUT2D eigenvalue weighted by atomic mass is 10.1. The normalized spacial score (nSPS) is 12.5. The Bertz CT molecular complexity index is 830. The molecule has 7 heteroatoms. The van der Waals surface area contributed by atoms with E-state index >= 15 is 0 Å². The number of nitrogens with zero attached hydrogens (tertiary/aromatic N) is 2. The summed E-state index contributed by atoms with van der Waals surface area (Å²) in [6.45, 7) is 3.60. The zero-order valence-electron chi connectivity index (χ0n) is 13.1. The number of hydrogen-bond donors (Lipinski definition) is 1. The van der Waals surface area contributed by atoms with Crippen LogP contribution in [0.1, 0.15) is 16.8 Å². The van der Waals surface area contributed by atoms with Gasteiger partial charge in [0.05, 0.1) is 29.3 Å². The van der Waals surface area contributed by atoms with Crippen LogP contribution < -0.4 is 9.47 Å². The Morgan fingerprint density at radius 3 is 2.74 bits per heavy atom. The quantitative estimate of drug-likeness (QED) is 0.451. The maximum atomic E-state index is 12.6. The van der Waals surface area contributed by atoms with E-state index in [0.717, 1.165) is 21.3 Å². The van der Waals surface area contributed by atoms with Gasteiger partial charge in [0, 0.05) is 11.2 Å². The fourth-order valence-corrected chi connectivity index (χ4v) is 3.77. The molecule has 0 aliphatic rings. The minimum Gasteiger partial charge on any atom is -0.618 e. The third-order valence-electron chi connectivity index (χ3n) is 3.76. The van der Waals surface area contributed by atoms with E-state index < -0.39 is 11.2 Å². The van der Waals surface area contributed by atoms with Gasteiger partial charge < -0.3 is 14.5 Å². The van der Waals surface area contributed by atoms with Gasteiger partial charge in [-0.15, -0.1) is 0 Å². The summed E-state index contributed by atoms with van der Waals surface area (Å²) in [6, 6.07) is 7.47. The van der Waals surface area contributed by atoms with E-state index in [1.54, 1.807) is 21.0 Å². The summed E-state index contributed by atoms with van der Waals surface area (Å²) in [7, 11) is 1.56. The van der Waals surface area contributed by atoms with Crippen LogP contribution in [0.15, 0.2) is 35.6 Å². The topological polar surface area (TPSA) is 87.9 Å². The smallest absolute Gasteiger partial charge is 0.322 e. The number of ether oxygens (including phenoxy) is 1. The Morgan fingerprint density at radius 1 is 1.30 bits per heavy atom. The molecule has 1 atom stereocenters. The number of pyridine rings is 1. The second-order valence-electron chi connectivity index (χ2n) is 5.29. The molecule has 1 unspecified atom stereocenters. The van der Waals surface area contributed by atoms with Crippen molar-refractivity contribution in [2.45, 2.75) is 24.8 Å². The molecule has 0 amide bonds. The summed E-state index contributed by atoms with van der Waals surface area (Å²) in [5.74, 6) is 0.722. The number of nitrogens with one attached hydrogen (secondary N) is 1. The molecular formula is C16H17N3O3S. The molecule has 3 aromatic rings. The predicted molar refractivity (Wildman–Crippen MR) is 87.6 cm³/mol. The second kappa shape index (κ2) is 6.10. The highest BCUT2D eigenvalue weighted by Crippen LogP contribution is 2.25. The summed E-state index contributed by atoms with van der Waals surface area (Å²) in [5.41, 5.74) is 3.45. The maximum absolute atomic E-state index is 12.6. The van der Waals surface area contributed by atoms with Gasteiger partial charge in [0.2, 0.25) is 5.69 Å². The fourth-order valence-electron chi connectivity index (χ4n) is 2.62. The van der Waals surface area contributed by atoms with Crippen molar-refractivity contribution in [1.82, 2.24) is 9.97 Å². The number of methoxy groups -OCH3 is 1. The van der Waals surface area contributed by atoms with Gasteiger partial charge in [-0.1, -0.05) is 12.1 Å². The molecule has 0 saturated heterocycles. The molecule has 120 valence electrons. The number of aromatic amines is 1. The Balaban J connectivity index is 1.95. The highest BCUT2D eigenvalue weighted by Gasteiger charge is 2.26. The molecule has 3 rings (SSSR count). The number of rotatable bonds is 4. The van der Waals surface area contributed by atoms with E-state index in [-0.39, 0.29) is 5.75 Å². The van der Waals surface area contributed by atoms with Crippen molar-refractivity contribution in [2.75, 3.05) is 7.11 Å². The van der Waals surface area contributed by atoms with E-state index in [9.17, 15) is 9.76 Å². The molecule has 0 radical (unpaired) electrons. The summed E-state index contributed by atoms with van der Waals surface area (Å²) >= 11 is -1.45. The van der Waals surface area contributed by atoms with Crippen molar-refractivity contribution in [3.05, 3.63) is 52.5 Å². The SMILES string of the molecule is COc1c(C)c[n+]([O-])c(C[S+]([O-])c2nc3ccccc3[nH]2)c1C. The van der Waals surface area contributed by atoms with Crippen molar-refractivity contribution in [2.24, 2.45) is 0 Å². The molecule has 1 N–H and O–H groups in total. The zero-order valence-corrected chi connectivity index (χ0v) is 13.9. The number of aromatic nitrogens is 3. The number of para-hydroxylation sites is 2. The van der Waals surface area contributed by atoms with Gasteiger partial charge in [-0.2, -0.15) is 9.71 Å². The van der Waals surface area contributed by atoms with Gasteiger partial charge >= 0.3 is 5.16 Å². The van der Waals surface area contributed by atoms with E-state index in [4.69, 9.17) is 4.74 Å². The maximum Gasteiger partial charge on any atom is 0.322 e. The monoisotopic (exact) mass is 331 g/mol. The third-order valence-corrected chi connectivity index (χ3v) is 4.92. The summed E-state index contributed by atoms with van der Waals surface area (Å²) in [4.78, 5) is 7.37. The molecule has 0 saturated carbocycles. The van der Waals surface area contributed by atoms with Gasteiger partial charge in [0.1, 0.15) is 5.75 Å². The first-order valence-corrected chi connectivity index (χ1v) is 8.42. The Kier molecular flexibility index (Phi) is 4.14. The zero-order chi connectivity index (χ0) is 16.6. The van der Waals surface area contributed by atoms with Crippen molar-refractivity contribution >= 4 is 22.2 Å². The Morgan fingerprint density at radius 2 is 2.04 bits per heavy atom. The van der Waals surface area contributed by atoms with Gasteiger partial charge in [-0.25, -0.2) is 0 Å². The van der Waals surface area contributed by atoms with E-state index in [1.165, 1.54) is 6.20 Å². The van der Waals surface area contributed by atoms with E-state index in [0.29, 0.717) is 22.2 Å². The van der Waals surface area contributed by atoms with Crippen LogP contribution in [0.5, 0.6) is 5.75 Å². The minimum absolute atomic E-state index is 0.0752. The third kappa shape index (κ3) is 2.85. The number of H-pyrrole nitrogens is 1. The first kappa shape index (κ1) is 15.6. The average molecular weight is 331 g/mol. The van der Waals surface area contributed by atoms with Gasteiger partial charge in [0.25, 0.3) is 0 Å². The molecule has 0 aliphatic heterocycles. The largest absolute Gasteiger partial charge is 0.618 e. The molecular weight excluding hydrogens is 314 g/mol.